The van der Waals surface area contributed by atoms with Crippen LogP contribution in [0.15, 0.2) is 46.6 Å². The largest absolute Gasteiger partial charge is 0.495 e. The molecule has 8 heteroatoms. The van der Waals surface area contributed by atoms with Crippen molar-refractivity contribution in [2.24, 2.45) is 10.2 Å². The van der Waals surface area contributed by atoms with Crippen LogP contribution < -0.4 is 20.7 Å². The van der Waals surface area contributed by atoms with E-state index in [9.17, 15) is 0 Å². The summed E-state index contributed by atoms with van der Waals surface area (Å²) in [5, 5.41) is 10.2. The lowest BCUT2D eigenvalue weighted by Gasteiger charge is -2.38. The number of nitrogens with one attached hydrogen (secondary N) is 2. The first-order valence-corrected chi connectivity index (χ1v) is 7.63. The van der Waals surface area contributed by atoms with Crippen LogP contribution in [0.4, 0.5) is 5.69 Å². The van der Waals surface area contributed by atoms with Gasteiger partial charge in [0, 0.05) is 26.2 Å². The zero-order valence-corrected chi connectivity index (χ0v) is 12.9. The number of nitrogens with zero attached hydrogens (tertiary/aromatic N) is 5. The van der Waals surface area contributed by atoms with Gasteiger partial charge in [0.1, 0.15) is 5.75 Å². The first kappa shape index (κ1) is 13.9. The van der Waals surface area contributed by atoms with E-state index < -0.39 is 0 Å². The molecule has 3 aliphatic heterocycles. The van der Waals surface area contributed by atoms with Crippen molar-refractivity contribution in [1.29, 1.82) is 0 Å². The first-order chi connectivity index (χ1) is 11.3. The molecule has 0 aromatic heterocycles. The standard InChI is InChI=1S/C15H19N7O/c1-23-13-5-3-2-4-12(13)20-8-10-21(11-9-20)15-7-6-14-16-18-19-22(14)17-15/h2-7,18-19H,8-11H2,1H3. The molecule has 23 heavy (non-hydrogen) atoms. The molecule has 0 unspecified atom stereocenters. The summed E-state index contributed by atoms with van der Waals surface area (Å²) in [6, 6.07) is 8.15. The van der Waals surface area contributed by atoms with Gasteiger partial charge >= 0.3 is 0 Å². The Labute approximate surface area is 134 Å². The molecule has 1 aromatic rings. The maximum absolute atomic E-state index is 5.46. The molecule has 1 aromatic carbocycles. The number of amidine groups is 2. The molecule has 1 fully saturated rings. The van der Waals surface area contributed by atoms with E-state index in [0.717, 1.165) is 49.3 Å². The summed E-state index contributed by atoms with van der Waals surface area (Å²) in [5.41, 5.74) is 6.71. The number of fused-ring (bicyclic) bond motifs is 1. The van der Waals surface area contributed by atoms with Crippen LogP contribution in [0, 0.1) is 0 Å². The zero-order chi connectivity index (χ0) is 15.6. The smallest absolute Gasteiger partial charge is 0.189 e. The summed E-state index contributed by atoms with van der Waals surface area (Å²) in [5.74, 6) is 2.63. The highest BCUT2D eigenvalue weighted by Crippen LogP contribution is 2.28. The van der Waals surface area contributed by atoms with E-state index >= 15 is 0 Å². The van der Waals surface area contributed by atoms with Crippen LogP contribution in [-0.4, -0.2) is 55.0 Å². The van der Waals surface area contributed by atoms with Crippen molar-refractivity contribution in [2.75, 3.05) is 38.2 Å². The SMILES string of the molecule is COc1ccccc1N1CCN(C2=NN3NNN=C3C=C2)CC1. The second-order valence-electron chi connectivity index (χ2n) is 5.44. The van der Waals surface area contributed by atoms with Crippen LogP contribution in [0.2, 0.25) is 0 Å². The lowest BCUT2D eigenvalue weighted by molar-refractivity contribution is 0.295. The number of hydrogen-bond acceptors (Lipinski definition) is 8. The van der Waals surface area contributed by atoms with E-state index in [1.807, 2.05) is 30.4 Å². The molecule has 3 heterocycles. The minimum absolute atomic E-state index is 0.765. The molecule has 0 bridgehead atoms. The number of methoxy groups -OCH3 is 1. The van der Waals surface area contributed by atoms with E-state index in [2.05, 4.69) is 37.1 Å². The highest BCUT2D eigenvalue weighted by molar-refractivity contribution is 6.05. The summed E-state index contributed by atoms with van der Waals surface area (Å²) in [7, 11) is 1.72. The van der Waals surface area contributed by atoms with Gasteiger partial charge in [-0.1, -0.05) is 12.1 Å². The van der Waals surface area contributed by atoms with Gasteiger partial charge in [-0.15, -0.1) is 15.7 Å². The van der Waals surface area contributed by atoms with Gasteiger partial charge in [0.2, 0.25) is 0 Å². The molecule has 1 saturated heterocycles. The van der Waals surface area contributed by atoms with Crippen LogP contribution in [-0.2, 0) is 0 Å². The van der Waals surface area contributed by atoms with Gasteiger partial charge < -0.3 is 14.5 Å². The Bertz CT molecular complexity index is 676. The third-order valence-corrected chi connectivity index (χ3v) is 4.16. The van der Waals surface area contributed by atoms with Crippen molar-refractivity contribution in [2.45, 2.75) is 0 Å². The van der Waals surface area contributed by atoms with Crippen LogP contribution >= 0.6 is 0 Å². The zero-order valence-electron chi connectivity index (χ0n) is 12.9. The molecule has 0 aliphatic carbocycles. The fraction of sp³-hybridized carbons (Fsp3) is 0.333. The minimum Gasteiger partial charge on any atom is -0.495 e. The van der Waals surface area contributed by atoms with Crippen LogP contribution in [0.5, 0.6) is 5.75 Å². The highest BCUT2D eigenvalue weighted by Gasteiger charge is 2.25. The molecule has 2 N–H and O–H groups in total. The topological polar surface area (TPSA) is 67.7 Å². The second-order valence-corrected chi connectivity index (χ2v) is 5.44. The Balaban J connectivity index is 1.43. The number of hydrogen-bond donors (Lipinski definition) is 2. The van der Waals surface area contributed by atoms with E-state index in [1.54, 1.807) is 12.2 Å². The average molecular weight is 313 g/mol. The summed E-state index contributed by atoms with van der Waals surface area (Å²) in [4.78, 5) is 4.63. The van der Waals surface area contributed by atoms with Crippen molar-refractivity contribution in [3.05, 3.63) is 36.4 Å². The molecule has 4 rings (SSSR count). The number of para-hydroxylation sites is 2. The molecule has 3 aliphatic rings. The number of hydrazine groups is 2. The first-order valence-electron chi connectivity index (χ1n) is 7.63. The minimum atomic E-state index is 0.765. The maximum atomic E-state index is 5.46. The van der Waals surface area contributed by atoms with Crippen LogP contribution in [0.1, 0.15) is 0 Å². The third kappa shape index (κ3) is 2.57. The summed E-state index contributed by atoms with van der Waals surface area (Å²) in [6.07, 6.45) is 3.95. The molecule has 0 spiro atoms. The van der Waals surface area contributed by atoms with Gasteiger partial charge in [-0.2, -0.15) is 5.12 Å². The number of anilines is 1. The number of piperazine rings is 1. The number of benzene rings is 1. The Kier molecular flexibility index (Phi) is 3.51. The number of rotatable bonds is 2. The van der Waals surface area contributed by atoms with Crippen molar-refractivity contribution in [1.82, 2.24) is 21.1 Å². The summed E-state index contributed by atoms with van der Waals surface area (Å²) < 4.78 is 5.46. The van der Waals surface area contributed by atoms with E-state index in [4.69, 9.17) is 4.74 Å². The fourth-order valence-electron chi connectivity index (χ4n) is 2.94. The average Bonchev–Trinajstić information content (AvgIpc) is 3.09. The van der Waals surface area contributed by atoms with Crippen molar-refractivity contribution < 1.29 is 4.74 Å². The number of ether oxygens (including phenoxy) is 1. The lowest BCUT2D eigenvalue weighted by Crippen LogP contribution is -2.50. The van der Waals surface area contributed by atoms with Crippen molar-refractivity contribution in [3.8, 4) is 5.75 Å². The second kappa shape index (κ2) is 5.81. The predicted molar refractivity (Wildman–Crippen MR) is 88.9 cm³/mol. The maximum Gasteiger partial charge on any atom is 0.189 e. The van der Waals surface area contributed by atoms with Gasteiger partial charge in [-0.25, -0.2) is 5.53 Å². The van der Waals surface area contributed by atoms with Gasteiger partial charge in [-0.05, 0) is 24.3 Å². The molecule has 120 valence electrons. The monoisotopic (exact) mass is 313 g/mol. The predicted octanol–water partition coefficient (Wildman–Crippen LogP) is 0.339. The number of hydrazone groups is 2. The van der Waals surface area contributed by atoms with Gasteiger partial charge in [-0.3, -0.25) is 0 Å². The molecule has 0 radical (unpaired) electrons. The normalized spacial score (nSPS) is 20.0. The van der Waals surface area contributed by atoms with E-state index in [0.29, 0.717) is 0 Å². The Hall–Kier alpha value is -2.74. The molecule has 0 saturated carbocycles. The fourth-order valence-corrected chi connectivity index (χ4v) is 2.94. The van der Waals surface area contributed by atoms with Gasteiger partial charge in [0.05, 0.1) is 12.8 Å². The molecule has 0 atom stereocenters. The highest BCUT2D eigenvalue weighted by atomic mass is 16.5. The van der Waals surface area contributed by atoms with Crippen LogP contribution in [0.3, 0.4) is 0 Å². The van der Waals surface area contributed by atoms with Crippen LogP contribution in [0.25, 0.3) is 0 Å². The summed E-state index contributed by atoms with van der Waals surface area (Å²) >= 11 is 0. The van der Waals surface area contributed by atoms with Gasteiger partial charge in [0.25, 0.3) is 0 Å². The molecule has 0 amide bonds. The molecular formula is C15H19N7O. The van der Waals surface area contributed by atoms with E-state index in [-0.39, 0.29) is 0 Å². The summed E-state index contributed by atoms with van der Waals surface area (Å²) in [6.45, 7) is 3.68. The van der Waals surface area contributed by atoms with Gasteiger partial charge in [0.15, 0.2) is 11.7 Å². The van der Waals surface area contributed by atoms with E-state index in [1.165, 1.54) is 0 Å². The Morgan fingerprint density at radius 2 is 1.74 bits per heavy atom. The Morgan fingerprint density at radius 1 is 1.00 bits per heavy atom. The molecule has 8 nitrogen and oxygen atoms in total. The Morgan fingerprint density at radius 3 is 2.57 bits per heavy atom. The van der Waals surface area contributed by atoms with Crippen molar-refractivity contribution >= 4 is 17.4 Å². The van der Waals surface area contributed by atoms with Crippen molar-refractivity contribution in [3.63, 3.8) is 0 Å². The molecular weight excluding hydrogens is 294 g/mol. The lowest BCUT2D eigenvalue weighted by atomic mass is 10.2. The quantitative estimate of drug-likeness (QED) is 0.821. The third-order valence-electron chi connectivity index (χ3n) is 4.16.